The van der Waals surface area contributed by atoms with Gasteiger partial charge in [-0.05, 0) is 55.2 Å². The van der Waals surface area contributed by atoms with Crippen molar-refractivity contribution in [2.45, 2.75) is 43.8 Å². The van der Waals surface area contributed by atoms with Crippen LogP contribution in [-0.2, 0) is 22.7 Å². The summed E-state index contributed by atoms with van der Waals surface area (Å²) < 4.78 is 65.7. The Morgan fingerprint density at radius 2 is 1.77 bits per heavy atom. The van der Waals surface area contributed by atoms with Gasteiger partial charge in [0.2, 0.25) is 10.0 Å². The van der Waals surface area contributed by atoms with Crippen LogP contribution in [0, 0.1) is 6.92 Å². The monoisotopic (exact) mass is 440 g/mol. The Morgan fingerprint density at radius 3 is 2.43 bits per heavy atom. The van der Waals surface area contributed by atoms with Gasteiger partial charge >= 0.3 is 6.18 Å². The normalized spacial score (nSPS) is 15.7. The maximum Gasteiger partial charge on any atom is 0.416 e. The van der Waals surface area contributed by atoms with Crippen LogP contribution in [0.5, 0.6) is 0 Å². The van der Waals surface area contributed by atoms with Gasteiger partial charge in [-0.1, -0.05) is 24.6 Å². The number of carbonyl (C=O) groups is 1. The van der Waals surface area contributed by atoms with Crippen LogP contribution in [0.15, 0.2) is 47.4 Å². The van der Waals surface area contributed by atoms with Crippen LogP contribution >= 0.6 is 0 Å². The van der Waals surface area contributed by atoms with Gasteiger partial charge in [0.25, 0.3) is 5.91 Å². The van der Waals surface area contributed by atoms with Crippen LogP contribution in [0.2, 0.25) is 0 Å². The van der Waals surface area contributed by atoms with Crippen LogP contribution in [0.4, 0.5) is 13.2 Å². The Balaban J connectivity index is 1.77. The molecule has 0 unspecified atom stereocenters. The van der Waals surface area contributed by atoms with E-state index in [1.165, 1.54) is 28.6 Å². The molecule has 1 fully saturated rings. The summed E-state index contributed by atoms with van der Waals surface area (Å²) in [4.78, 5) is 12.7. The number of hydrogen-bond acceptors (Lipinski definition) is 3. The molecule has 0 bridgehead atoms. The minimum absolute atomic E-state index is 0.0409. The lowest BCUT2D eigenvalue weighted by Crippen LogP contribution is -2.35. The van der Waals surface area contributed by atoms with Crippen molar-refractivity contribution >= 4 is 15.9 Å². The third-order valence-electron chi connectivity index (χ3n) is 5.11. The molecule has 1 aliphatic rings. The van der Waals surface area contributed by atoms with Gasteiger partial charge in [0, 0.05) is 25.2 Å². The zero-order valence-corrected chi connectivity index (χ0v) is 17.3. The first kappa shape index (κ1) is 22.3. The summed E-state index contributed by atoms with van der Waals surface area (Å²) in [5, 5.41) is 2.58. The molecule has 30 heavy (non-hydrogen) atoms. The molecule has 0 saturated carbocycles. The molecule has 0 aromatic heterocycles. The number of hydrogen-bond donors (Lipinski definition) is 1. The molecular formula is C21H23F3N2O3S. The van der Waals surface area contributed by atoms with E-state index >= 15 is 0 Å². The van der Waals surface area contributed by atoms with Gasteiger partial charge in [0.15, 0.2) is 0 Å². The fourth-order valence-electron chi connectivity index (χ4n) is 3.40. The summed E-state index contributed by atoms with van der Waals surface area (Å²) in [7, 11) is -3.70. The smallest absolute Gasteiger partial charge is 0.348 e. The molecular weight excluding hydrogens is 417 g/mol. The van der Waals surface area contributed by atoms with E-state index in [4.69, 9.17) is 0 Å². The largest absolute Gasteiger partial charge is 0.416 e. The summed E-state index contributed by atoms with van der Waals surface area (Å²) in [6.45, 7) is 2.47. The number of sulfonamides is 1. The van der Waals surface area contributed by atoms with E-state index < -0.39 is 27.7 Å². The predicted octanol–water partition coefficient (Wildman–Crippen LogP) is 4.12. The van der Waals surface area contributed by atoms with Crippen molar-refractivity contribution in [3.63, 3.8) is 0 Å². The third-order valence-corrected chi connectivity index (χ3v) is 7.01. The lowest BCUT2D eigenvalue weighted by atomic mass is 10.1. The molecule has 9 heteroatoms. The Bertz CT molecular complexity index is 1030. The number of nitrogens with zero attached hydrogens (tertiary/aromatic N) is 1. The predicted molar refractivity (Wildman–Crippen MR) is 106 cm³/mol. The van der Waals surface area contributed by atoms with Gasteiger partial charge in [0.1, 0.15) is 0 Å². The van der Waals surface area contributed by atoms with Gasteiger partial charge < -0.3 is 5.32 Å². The SMILES string of the molecule is Cc1ccc(S(=O)(=O)N2CCCCC2)cc1C(=O)NCc1cccc(C(F)(F)F)c1. The second-order valence-corrected chi connectivity index (χ2v) is 9.26. The average Bonchev–Trinajstić information content (AvgIpc) is 2.72. The van der Waals surface area contributed by atoms with Crippen molar-refractivity contribution in [2.75, 3.05) is 13.1 Å². The molecule has 3 rings (SSSR count). The number of alkyl halides is 3. The molecule has 1 saturated heterocycles. The molecule has 1 amide bonds. The number of aryl methyl sites for hydroxylation is 1. The average molecular weight is 440 g/mol. The quantitative estimate of drug-likeness (QED) is 0.761. The number of amides is 1. The summed E-state index contributed by atoms with van der Waals surface area (Å²) in [6.07, 6.45) is -1.87. The fourth-order valence-corrected chi connectivity index (χ4v) is 4.94. The number of nitrogens with one attached hydrogen (secondary N) is 1. The molecule has 1 heterocycles. The van der Waals surface area contributed by atoms with E-state index in [2.05, 4.69) is 5.32 Å². The molecule has 0 spiro atoms. The molecule has 1 aliphatic heterocycles. The Kier molecular flexibility index (Phi) is 6.52. The highest BCUT2D eigenvalue weighted by atomic mass is 32.2. The number of carbonyl (C=O) groups excluding carboxylic acids is 1. The lowest BCUT2D eigenvalue weighted by molar-refractivity contribution is -0.137. The molecule has 0 atom stereocenters. The maximum atomic E-state index is 12.9. The van der Waals surface area contributed by atoms with E-state index in [0.717, 1.165) is 31.4 Å². The van der Waals surface area contributed by atoms with Crippen molar-refractivity contribution in [1.82, 2.24) is 9.62 Å². The van der Waals surface area contributed by atoms with Crippen molar-refractivity contribution in [3.05, 3.63) is 64.7 Å². The van der Waals surface area contributed by atoms with Gasteiger partial charge in [-0.25, -0.2) is 8.42 Å². The maximum absolute atomic E-state index is 12.9. The number of benzene rings is 2. The standard InChI is InChI=1S/C21H23F3N2O3S/c1-15-8-9-18(30(28,29)26-10-3-2-4-11-26)13-19(15)20(27)25-14-16-6-5-7-17(12-16)21(22,23)24/h5-9,12-13H,2-4,10-11,14H2,1H3,(H,25,27). The zero-order valence-electron chi connectivity index (χ0n) is 16.5. The highest BCUT2D eigenvalue weighted by Gasteiger charge is 2.30. The van der Waals surface area contributed by atoms with E-state index in [1.807, 2.05) is 0 Å². The highest BCUT2D eigenvalue weighted by Crippen LogP contribution is 2.29. The van der Waals surface area contributed by atoms with Crippen LogP contribution < -0.4 is 5.32 Å². The van der Waals surface area contributed by atoms with Crippen molar-refractivity contribution in [2.24, 2.45) is 0 Å². The minimum Gasteiger partial charge on any atom is -0.348 e. The van der Waals surface area contributed by atoms with Crippen LogP contribution in [0.1, 0.15) is 46.3 Å². The Hall–Kier alpha value is -2.39. The van der Waals surface area contributed by atoms with Crippen molar-refractivity contribution < 1.29 is 26.4 Å². The second-order valence-electron chi connectivity index (χ2n) is 7.32. The van der Waals surface area contributed by atoms with Gasteiger partial charge in [-0.15, -0.1) is 0 Å². The summed E-state index contributed by atoms with van der Waals surface area (Å²) in [5.74, 6) is -0.541. The lowest BCUT2D eigenvalue weighted by Gasteiger charge is -2.26. The van der Waals surface area contributed by atoms with Crippen LogP contribution in [0.25, 0.3) is 0 Å². The van der Waals surface area contributed by atoms with Gasteiger partial charge in [-0.3, -0.25) is 4.79 Å². The zero-order chi connectivity index (χ0) is 21.9. The highest BCUT2D eigenvalue weighted by molar-refractivity contribution is 7.89. The molecule has 2 aromatic rings. The van der Waals surface area contributed by atoms with E-state index in [1.54, 1.807) is 13.0 Å². The van der Waals surface area contributed by atoms with E-state index in [9.17, 15) is 26.4 Å². The first-order chi connectivity index (χ1) is 14.1. The van der Waals surface area contributed by atoms with E-state index in [0.29, 0.717) is 24.2 Å². The first-order valence-electron chi connectivity index (χ1n) is 9.64. The second kappa shape index (κ2) is 8.77. The minimum atomic E-state index is -4.46. The van der Waals surface area contributed by atoms with Gasteiger partial charge in [0.05, 0.1) is 10.5 Å². The molecule has 0 aliphatic carbocycles. The summed E-state index contributed by atoms with van der Waals surface area (Å²) in [5.41, 5.74) is 0.266. The molecule has 0 radical (unpaired) electrons. The topological polar surface area (TPSA) is 66.5 Å². The third kappa shape index (κ3) is 5.02. The van der Waals surface area contributed by atoms with Crippen LogP contribution in [-0.4, -0.2) is 31.7 Å². The molecule has 5 nitrogen and oxygen atoms in total. The van der Waals surface area contributed by atoms with E-state index in [-0.39, 0.29) is 17.0 Å². The fraction of sp³-hybridized carbons (Fsp3) is 0.381. The van der Waals surface area contributed by atoms with Gasteiger partial charge in [-0.2, -0.15) is 17.5 Å². The molecule has 162 valence electrons. The Morgan fingerprint density at radius 1 is 1.07 bits per heavy atom. The van der Waals surface area contributed by atoms with Crippen LogP contribution in [0.3, 0.4) is 0 Å². The first-order valence-corrected chi connectivity index (χ1v) is 11.1. The number of rotatable bonds is 5. The van der Waals surface area contributed by atoms with Crippen molar-refractivity contribution in [3.8, 4) is 0 Å². The number of halogens is 3. The van der Waals surface area contributed by atoms with Crippen molar-refractivity contribution in [1.29, 1.82) is 0 Å². The Labute approximate surface area is 173 Å². The summed E-state index contributed by atoms with van der Waals surface area (Å²) >= 11 is 0. The summed E-state index contributed by atoms with van der Waals surface area (Å²) in [6, 6.07) is 9.08. The number of piperidine rings is 1. The molecule has 1 N–H and O–H groups in total. The molecule has 2 aromatic carbocycles.